The van der Waals surface area contributed by atoms with E-state index in [1.807, 2.05) is 0 Å². The van der Waals surface area contributed by atoms with Gasteiger partial charge in [0.1, 0.15) is 0 Å². The van der Waals surface area contributed by atoms with Crippen molar-refractivity contribution < 1.29 is 4.74 Å². The second-order valence-electron chi connectivity index (χ2n) is 7.36. The predicted octanol–water partition coefficient (Wildman–Crippen LogP) is 5.21. The summed E-state index contributed by atoms with van der Waals surface area (Å²) in [5, 5.41) is 0. The third-order valence-corrected chi connectivity index (χ3v) is 5.85. The fraction of sp³-hybridized carbons (Fsp3) is 0.889. The Kier molecular flexibility index (Phi) is 5.50. The van der Waals surface area contributed by atoms with E-state index in [1.54, 1.807) is 0 Å². The third-order valence-electron chi connectivity index (χ3n) is 5.85. The highest BCUT2D eigenvalue weighted by Crippen LogP contribution is 2.48. The molecule has 0 bridgehead atoms. The molecule has 0 aromatic carbocycles. The Balaban J connectivity index is 1.64. The summed E-state index contributed by atoms with van der Waals surface area (Å²) in [7, 11) is 0. The molecule has 3 atom stereocenters. The van der Waals surface area contributed by atoms with Crippen LogP contribution in [-0.4, -0.2) is 13.2 Å². The molecule has 1 saturated carbocycles. The minimum atomic E-state index is 0.543. The number of hydrogen-bond donors (Lipinski definition) is 0. The van der Waals surface area contributed by atoms with Crippen molar-refractivity contribution in [2.75, 3.05) is 13.2 Å². The van der Waals surface area contributed by atoms with Crippen molar-refractivity contribution in [3.05, 3.63) is 12.2 Å². The van der Waals surface area contributed by atoms with E-state index >= 15 is 0 Å². The SMILES string of the molecule is CC1CCC(CC=CCCC2CCCOC2)C1(C)C. The first-order valence-corrected chi connectivity index (χ1v) is 8.33. The second kappa shape index (κ2) is 6.92. The van der Waals surface area contributed by atoms with Crippen molar-refractivity contribution in [1.82, 2.24) is 0 Å². The third kappa shape index (κ3) is 4.08. The molecule has 0 aromatic heterocycles. The van der Waals surface area contributed by atoms with Gasteiger partial charge in [0.2, 0.25) is 0 Å². The highest BCUT2D eigenvalue weighted by atomic mass is 16.5. The molecule has 110 valence electrons. The van der Waals surface area contributed by atoms with Crippen molar-refractivity contribution >= 4 is 0 Å². The lowest BCUT2D eigenvalue weighted by atomic mass is 9.75. The van der Waals surface area contributed by atoms with Crippen LogP contribution in [0.15, 0.2) is 12.2 Å². The standard InChI is InChI=1S/C18H32O/c1-15-11-12-17(18(15,2)3)10-6-4-5-8-16-9-7-13-19-14-16/h4,6,15-17H,5,7-14H2,1-3H3. The van der Waals surface area contributed by atoms with Gasteiger partial charge in [0.15, 0.2) is 0 Å². The topological polar surface area (TPSA) is 9.23 Å². The Hall–Kier alpha value is -0.300. The molecule has 0 spiro atoms. The molecule has 2 rings (SSSR count). The average molecular weight is 264 g/mol. The summed E-state index contributed by atoms with van der Waals surface area (Å²) in [6, 6.07) is 0. The van der Waals surface area contributed by atoms with Crippen LogP contribution in [-0.2, 0) is 4.74 Å². The van der Waals surface area contributed by atoms with E-state index in [1.165, 1.54) is 44.9 Å². The zero-order valence-corrected chi connectivity index (χ0v) is 13.2. The van der Waals surface area contributed by atoms with Gasteiger partial charge in [0.25, 0.3) is 0 Å². The highest BCUT2D eigenvalue weighted by Gasteiger charge is 2.39. The molecular formula is C18H32O. The smallest absolute Gasteiger partial charge is 0.0494 e. The van der Waals surface area contributed by atoms with Crippen LogP contribution in [0.1, 0.15) is 65.7 Å². The molecule has 1 aliphatic heterocycles. The van der Waals surface area contributed by atoms with Gasteiger partial charge in [-0.15, -0.1) is 0 Å². The molecule has 3 unspecified atom stereocenters. The molecule has 1 saturated heterocycles. The van der Waals surface area contributed by atoms with Gasteiger partial charge in [-0.3, -0.25) is 0 Å². The molecule has 1 heteroatoms. The van der Waals surface area contributed by atoms with Gasteiger partial charge in [-0.25, -0.2) is 0 Å². The monoisotopic (exact) mass is 264 g/mol. The van der Waals surface area contributed by atoms with Gasteiger partial charge >= 0.3 is 0 Å². The summed E-state index contributed by atoms with van der Waals surface area (Å²) in [5.41, 5.74) is 0.543. The maximum Gasteiger partial charge on any atom is 0.0494 e. The highest BCUT2D eigenvalue weighted by molar-refractivity contribution is 4.95. The summed E-state index contributed by atoms with van der Waals surface area (Å²) in [6.07, 6.45) is 14.2. The predicted molar refractivity (Wildman–Crippen MR) is 82.2 cm³/mol. The number of ether oxygens (including phenoxy) is 1. The lowest BCUT2D eigenvalue weighted by Gasteiger charge is -2.30. The number of rotatable bonds is 5. The van der Waals surface area contributed by atoms with Crippen LogP contribution in [0.3, 0.4) is 0 Å². The first-order chi connectivity index (χ1) is 9.10. The number of hydrogen-bond acceptors (Lipinski definition) is 1. The van der Waals surface area contributed by atoms with E-state index in [0.717, 1.165) is 31.0 Å². The van der Waals surface area contributed by atoms with Crippen LogP contribution in [0.4, 0.5) is 0 Å². The van der Waals surface area contributed by atoms with Crippen LogP contribution in [0.2, 0.25) is 0 Å². The fourth-order valence-corrected chi connectivity index (χ4v) is 3.76. The molecule has 2 aliphatic rings. The first-order valence-electron chi connectivity index (χ1n) is 8.33. The van der Waals surface area contributed by atoms with Crippen LogP contribution in [0, 0.1) is 23.2 Å². The minimum absolute atomic E-state index is 0.543. The fourth-order valence-electron chi connectivity index (χ4n) is 3.76. The summed E-state index contributed by atoms with van der Waals surface area (Å²) < 4.78 is 5.54. The minimum Gasteiger partial charge on any atom is -0.381 e. The van der Waals surface area contributed by atoms with Gasteiger partial charge in [-0.2, -0.15) is 0 Å². The Morgan fingerprint density at radius 3 is 2.63 bits per heavy atom. The molecule has 0 amide bonds. The van der Waals surface area contributed by atoms with E-state index in [-0.39, 0.29) is 0 Å². The molecule has 0 aromatic rings. The summed E-state index contributed by atoms with van der Waals surface area (Å²) in [5.74, 6) is 2.61. The maximum absolute atomic E-state index is 5.54. The zero-order valence-electron chi connectivity index (χ0n) is 13.2. The largest absolute Gasteiger partial charge is 0.381 e. The zero-order chi connectivity index (χ0) is 13.7. The quantitative estimate of drug-likeness (QED) is 0.619. The summed E-state index contributed by atoms with van der Waals surface area (Å²) in [4.78, 5) is 0. The van der Waals surface area contributed by atoms with E-state index in [9.17, 15) is 0 Å². The summed E-state index contributed by atoms with van der Waals surface area (Å²) in [6.45, 7) is 9.33. The van der Waals surface area contributed by atoms with E-state index in [0.29, 0.717) is 5.41 Å². The number of allylic oxidation sites excluding steroid dienone is 2. The van der Waals surface area contributed by atoms with Gasteiger partial charge in [-0.05, 0) is 68.1 Å². The average Bonchev–Trinajstić information content (AvgIpc) is 2.66. The molecule has 1 heterocycles. The van der Waals surface area contributed by atoms with Crippen LogP contribution < -0.4 is 0 Å². The van der Waals surface area contributed by atoms with Crippen molar-refractivity contribution in [2.45, 2.75) is 65.7 Å². The van der Waals surface area contributed by atoms with Crippen LogP contribution in [0.5, 0.6) is 0 Å². The van der Waals surface area contributed by atoms with E-state index in [2.05, 4.69) is 32.9 Å². The normalized spacial score (nSPS) is 35.0. The van der Waals surface area contributed by atoms with Crippen molar-refractivity contribution in [1.29, 1.82) is 0 Å². The molecule has 1 aliphatic carbocycles. The Morgan fingerprint density at radius 1 is 1.16 bits per heavy atom. The van der Waals surface area contributed by atoms with Gasteiger partial charge < -0.3 is 4.74 Å². The molecule has 2 fully saturated rings. The van der Waals surface area contributed by atoms with Crippen molar-refractivity contribution in [3.8, 4) is 0 Å². The van der Waals surface area contributed by atoms with Crippen LogP contribution >= 0.6 is 0 Å². The molecule has 1 nitrogen and oxygen atoms in total. The van der Waals surface area contributed by atoms with Gasteiger partial charge in [0.05, 0.1) is 0 Å². The van der Waals surface area contributed by atoms with Crippen molar-refractivity contribution in [3.63, 3.8) is 0 Å². The van der Waals surface area contributed by atoms with Gasteiger partial charge in [0, 0.05) is 13.2 Å². The second-order valence-corrected chi connectivity index (χ2v) is 7.36. The Morgan fingerprint density at radius 2 is 2.00 bits per heavy atom. The van der Waals surface area contributed by atoms with Crippen LogP contribution in [0.25, 0.3) is 0 Å². The van der Waals surface area contributed by atoms with E-state index < -0.39 is 0 Å². The summed E-state index contributed by atoms with van der Waals surface area (Å²) >= 11 is 0. The van der Waals surface area contributed by atoms with Crippen molar-refractivity contribution in [2.24, 2.45) is 23.2 Å². The molecule has 0 radical (unpaired) electrons. The molecule has 0 N–H and O–H groups in total. The van der Waals surface area contributed by atoms with E-state index in [4.69, 9.17) is 4.74 Å². The first kappa shape index (κ1) is 15.1. The molecule has 19 heavy (non-hydrogen) atoms. The lowest BCUT2D eigenvalue weighted by molar-refractivity contribution is 0.0521. The Labute approximate surface area is 119 Å². The maximum atomic E-state index is 5.54. The lowest BCUT2D eigenvalue weighted by Crippen LogP contribution is -2.22. The molecular weight excluding hydrogens is 232 g/mol. The Bertz CT molecular complexity index is 286. The van der Waals surface area contributed by atoms with Gasteiger partial charge in [-0.1, -0.05) is 32.9 Å².